The maximum Gasteiger partial charge on any atom is 0.257 e. The highest BCUT2D eigenvalue weighted by Gasteiger charge is 2.24. The van der Waals surface area contributed by atoms with Crippen LogP contribution in [-0.4, -0.2) is 33.9 Å². The van der Waals surface area contributed by atoms with Crippen LogP contribution in [0.15, 0.2) is 42.7 Å². The van der Waals surface area contributed by atoms with Gasteiger partial charge in [-0.3, -0.25) is 14.6 Å². The van der Waals surface area contributed by atoms with Crippen molar-refractivity contribution in [3.63, 3.8) is 0 Å². The van der Waals surface area contributed by atoms with Gasteiger partial charge in [-0.1, -0.05) is 36.0 Å². The van der Waals surface area contributed by atoms with Crippen LogP contribution < -0.4 is 27.4 Å². The van der Waals surface area contributed by atoms with Gasteiger partial charge in [0.05, 0.1) is 39.9 Å². The summed E-state index contributed by atoms with van der Waals surface area (Å²) >= 11 is 12.0. The number of carbonyl (C=O) groups is 2. The molecule has 0 saturated heterocycles. The van der Waals surface area contributed by atoms with Crippen LogP contribution in [0.25, 0.3) is 0 Å². The van der Waals surface area contributed by atoms with Gasteiger partial charge >= 0.3 is 0 Å². The van der Waals surface area contributed by atoms with Crippen molar-refractivity contribution in [2.24, 2.45) is 11.5 Å². The molecule has 3 aromatic rings. The summed E-state index contributed by atoms with van der Waals surface area (Å²) in [6.07, 6.45) is 6.49. The number of anilines is 4. The van der Waals surface area contributed by atoms with Gasteiger partial charge in [-0.15, -0.1) is 0 Å². The van der Waals surface area contributed by atoms with Gasteiger partial charge in [0, 0.05) is 17.1 Å². The maximum absolute atomic E-state index is 14.8. The number of amides is 2. The molecule has 1 saturated carbocycles. The Morgan fingerprint density at radius 3 is 2.47 bits per heavy atom. The Bertz CT molecular complexity index is 1310. The molecule has 1 fully saturated rings. The van der Waals surface area contributed by atoms with Gasteiger partial charge < -0.3 is 27.4 Å². The monoisotopic (exact) mass is 531 g/mol. The zero-order chi connectivity index (χ0) is 25.8. The summed E-state index contributed by atoms with van der Waals surface area (Å²) in [4.78, 5) is 33.0. The first-order valence-electron chi connectivity index (χ1n) is 11.2. The molecule has 2 heterocycles. The van der Waals surface area contributed by atoms with Crippen LogP contribution in [0, 0.1) is 5.82 Å². The normalized spacial score (nSPS) is 17.3. The average Bonchev–Trinajstić information content (AvgIpc) is 2.82. The van der Waals surface area contributed by atoms with Gasteiger partial charge in [-0.05, 0) is 43.2 Å². The Labute approximate surface area is 216 Å². The quantitative estimate of drug-likeness (QED) is 0.296. The zero-order valence-corrected chi connectivity index (χ0v) is 20.5. The minimum Gasteiger partial charge on any atom is -0.365 e. The van der Waals surface area contributed by atoms with Crippen LogP contribution in [0.1, 0.15) is 46.4 Å². The van der Waals surface area contributed by atoms with Gasteiger partial charge in [0.25, 0.3) is 11.8 Å². The molecule has 2 amide bonds. The summed E-state index contributed by atoms with van der Waals surface area (Å²) in [5.41, 5.74) is 12.4. The number of nitrogens with two attached hydrogens (primary N) is 2. The summed E-state index contributed by atoms with van der Waals surface area (Å²) in [6, 6.07) is 6.83. The minimum absolute atomic E-state index is 0.0294. The third-order valence-corrected chi connectivity index (χ3v) is 6.37. The molecular formula is C24H24Cl2FN7O2. The molecule has 12 heteroatoms. The fourth-order valence-electron chi connectivity index (χ4n) is 3.97. The predicted octanol–water partition coefficient (Wildman–Crippen LogP) is 4.70. The van der Waals surface area contributed by atoms with Crippen molar-refractivity contribution in [1.29, 1.82) is 0 Å². The lowest BCUT2D eigenvalue weighted by Gasteiger charge is -2.30. The van der Waals surface area contributed by atoms with Crippen LogP contribution in [-0.2, 0) is 0 Å². The van der Waals surface area contributed by atoms with E-state index in [0.29, 0.717) is 16.4 Å². The van der Waals surface area contributed by atoms with E-state index < -0.39 is 17.6 Å². The first-order chi connectivity index (χ1) is 17.2. The van der Waals surface area contributed by atoms with Crippen molar-refractivity contribution in [2.45, 2.75) is 37.8 Å². The fraction of sp³-hybridized carbons (Fsp3) is 0.250. The lowest BCUT2D eigenvalue weighted by Crippen LogP contribution is -2.43. The first kappa shape index (κ1) is 25.6. The smallest absolute Gasteiger partial charge is 0.257 e. The number of hydrogen-bond acceptors (Lipinski definition) is 7. The minimum atomic E-state index is -0.861. The van der Waals surface area contributed by atoms with Crippen molar-refractivity contribution in [1.82, 2.24) is 9.97 Å². The number of primary amides is 1. The number of aromatic nitrogens is 2. The summed E-state index contributed by atoms with van der Waals surface area (Å²) in [5.74, 6) is -2.06. The SMILES string of the molecule is NC(=O)c1cc(F)c(NC2CCCCC2N)nc1Nc1cncc(NC(=O)c2ccc(Cl)cc2Cl)c1. The molecular weight excluding hydrogens is 508 g/mol. The Kier molecular flexibility index (Phi) is 7.88. The van der Waals surface area contributed by atoms with Gasteiger partial charge in [-0.2, -0.15) is 0 Å². The number of rotatable bonds is 7. The Balaban J connectivity index is 1.57. The molecule has 1 aliphatic rings. The second-order valence-corrected chi connectivity index (χ2v) is 9.29. The second kappa shape index (κ2) is 11.1. The fourth-order valence-corrected chi connectivity index (χ4v) is 4.47. The van der Waals surface area contributed by atoms with E-state index >= 15 is 0 Å². The van der Waals surface area contributed by atoms with Gasteiger partial charge in [-0.25, -0.2) is 9.37 Å². The lowest BCUT2D eigenvalue weighted by molar-refractivity contribution is 0.0997. The largest absolute Gasteiger partial charge is 0.365 e. The third-order valence-electron chi connectivity index (χ3n) is 5.82. The number of benzene rings is 1. The van der Waals surface area contributed by atoms with Crippen LogP contribution >= 0.6 is 23.2 Å². The van der Waals surface area contributed by atoms with Crippen LogP contribution in [0.3, 0.4) is 0 Å². The summed E-state index contributed by atoms with van der Waals surface area (Å²) in [6.45, 7) is 0. The molecule has 0 spiro atoms. The van der Waals surface area contributed by atoms with E-state index in [1.165, 1.54) is 24.5 Å². The molecule has 0 aliphatic heterocycles. The Morgan fingerprint density at radius 1 is 1.00 bits per heavy atom. The first-order valence-corrected chi connectivity index (χ1v) is 12.0. The van der Waals surface area contributed by atoms with E-state index in [-0.39, 0.29) is 39.9 Å². The van der Waals surface area contributed by atoms with Gasteiger partial charge in [0.15, 0.2) is 11.6 Å². The zero-order valence-electron chi connectivity index (χ0n) is 19.0. The van der Waals surface area contributed by atoms with E-state index in [1.807, 2.05) is 0 Å². The number of nitrogens with one attached hydrogen (secondary N) is 3. The van der Waals surface area contributed by atoms with Crippen molar-refractivity contribution in [2.75, 3.05) is 16.0 Å². The number of nitrogens with zero attached hydrogens (tertiary/aromatic N) is 2. The molecule has 0 radical (unpaired) electrons. The molecule has 36 heavy (non-hydrogen) atoms. The topological polar surface area (TPSA) is 148 Å². The standard InChI is InChI=1S/C24H24Cl2FN7O2/c25-12-5-6-15(17(26)7-12)24(36)32-14-8-13(10-30-11-14)31-22-16(21(29)35)9-18(27)23(34-22)33-20-4-2-1-3-19(20)28/h5-11,19-20H,1-4,28H2,(H2,29,35)(H,32,36)(H2,31,33,34). The average molecular weight is 532 g/mol. The van der Waals surface area contributed by atoms with Gasteiger partial charge in [0.1, 0.15) is 5.82 Å². The van der Waals surface area contributed by atoms with E-state index in [0.717, 1.165) is 31.7 Å². The van der Waals surface area contributed by atoms with E-state index in [4.69, 9.17) is 34.7 Å². The highest BCUT2D eigenvalue weighted by molar-refractivity contribution is 6.37. The molecule has 9 nitrogen and oxygen atoms in total. The van der Waals surface area contributed by atoms with Crippen LogP contribution in [0.5, 0.6) is 0 Å². The summed E-state index contributed by atoms with van der Waals surface area (Å²) < 4.78 is 14.8. The van der Waals surface area contributed by atoms with E-state index in [1.54, 1.807) is 12.1 Å². The van der Waals surface area contributed by atoms with Crippen LogP contribution in [0.2, 0.25) is 10.0 Å². The molecule has 2 aromatic heterocycles. The Morgan fingerprint density at radius 2 is 1.75 bits per heavy atom. The predicted molar refractivity (Wildman–Crippen MR) is 139 cm³/mol. The third kappa shape index (κ3) is 6.01. The molecule has 2 unspecified atom stereocenters. The molecule has 7 N–H and O–H groups in total. The Hall–Kier alpha value is -3.47. The maximum atomic E-state index is 14.8. The van der Waals surface area contributed by atoms with Crippen molar-refractivity contribution in [3.05, 3.63) is 69.7 Å². The highest BCUT2D eigenvalue weighted by Crippen LogP contribution is 2.28. The molecule has 2 atom stereocenters. The summed E-state index contributed by atoms with van der Waals surface area (Å²) in [5, 5.41) is 9.29. The number of hydrogen-bond donors (Lipinski definition) is 5. The van der Waals surface area contributed by atoms with Crippen molar-refractivity contribution >= 4 is 58.0 Å². The molecule has 1 aromatic carbocycles. The summed E-state index contributed by atoms with van der Waals surface area (Å²) in [7, 11) is 0. The van der Waals surface area contributed by atoms with Crippen LogP contribution in [0.4, 0.5) is 27.4 Å². The van der Waals surface area contributed by atoms with Crippen molar-refractivity contribution < 1.29 is 14.0 Å². The van der Waals surface area contributed by atoms with E-state index in [9.17, 15) is 14.0 Å². The second-order valence-electron chi connectivity index (χ2n) is 8.44. The molecule has 188 valence electrons. The van der Waals surface area contributed by atoms with Gasteiger partial charge in [0.2, 0.25) is 0 Å². The number of halogens is 3. The van der Waals surface area contributed by atoms with Crippen molar-refractivity contribution in [3.8, 4) is 0 Å². The number of pyridine rings is 2. The number of carbonyl (C=O) groups excluding carboxylic acids is 2. The molecule has 0 bridgehead atoms. The van der Waals surface area contributed by atoms with E-state index in [2.05, 4.69) is 25.9 Å². The molecule has 1 aliphatic carbocycles. The lowest BCUT2D eigenvalue weighted by atomic mass is 9.91. The molecule has 4 rings (SSSR count). The highest BCUT2D eigenvalue weighted by atomic mass is 35.5.